The highest BCUT2D eigenvalue weighted by molar-refractivity contribution is 7.47. The number of nitrogens with one attached hydrogen (secondary N) is 1. The number of ether oxygens (including phenoxy) is 1. The number of quaternary nitrogens is 1. The molecule has 2 amide bonds. The molecule has 312 valence electrons. The molecule has 1 aliphatic rings. The Hall–Kier alpha value is -4.38. The maximum absolute atomic E-state index is 13.5. The molecule has 57 heavy (non-hydrogen) atoms. The van der Waals surface area contributed by atoms with Gasteiger partial charge in [0.1, 0.15) is 25.5 Å². The van der Waals surface area contributed by atoms with Crippen molar-refractivity contribution in [1.82, 2.24) is 5.32 Å². The Bertz CT molecular complexity index is 1800. The topological polar surface area (TPSA) is 186 Å². The van der Waals surface area contributed by atoms with Gasteiger partial charge in [0.05, 0.1) is 51.8 Å². The maximum atomic E-state index is 13.5. The highest BCUT2D eigenvalue weighted by atomic mass is 31.2. The van der Waals surface area contributed by atoms with E-state index >= 15 is 0 Å². The number of ketones is 1. The van der Waals surface area contributed by atoms with E-state index in [0.717, 1.165) is 11.1 Å². The minimum atomic E-state index is -4.27. The van der Waals surface area contributed by atoms with Gasteiger partial charge in [0.2, 0.25) is 11.8 Å². The monoisotopic (exact) mass is 812 g/mol. The Kier molecular flexibility index (Phi) is 19.1. The van der Waals surface area contributed by atoms with Crippen molar-refractivity contribution in [2.45, 2.75) is 78.2 Å². The summed E-state index contributed by atoms with van der Waals surface area (Å²) in [6, 6.07) is 15.0. The number of Topliss-reactive ketones (excluding diaryl/α,β-unsaturated/α-hetero) is 1. The van der Waals surface area contributed by atoms with Gasteiger partial charge >= 0.3 is 19.8 Å². The number of benzene rings is 2. The first kappa shape index (κ1) is 47.0. The van der Waals surface area contributed by atoms with Gasteiger partial charge < -0.3 is 29.4 Å². The third-order valence-corrected chi connectivity index (χ3v) is 10.7. The van der Waals surface area contributed by atoms with Crippen molar-refractivity contribution in [3.63, 3.8) is 0 Å². The number of carbonyl (C=O) groups excluding carboxylic acids is 4. The fraction of sp³-hybridized carbons (Fsp3) is 0.548. The summed E-state index contributed by atoms with van der Waals surface area (Å²) in [6.45, 7) is 4.17. The number of carboxylic acids is 1. The highest BCUT2D eigenvalue weighted by Gasteiger charge is 2.27. The van der Waals surface area contributed by atoms with Crippen LogP contribution in [0.3, 0.4) is 0 Å². The lowest BCUT2D eigenvalue weighted by atomic mass is 9.93. The molecule has 2 aromatic carbocycles. The fourth-order valence-corrected chi connectivity index (χ4v) is 6.89. The van der Waals surface area contributed by atoms with E-state index in [1.807, 2.05) is 69.7 Å². The number of anilines is 1. The molecule has 3 N–H and O–H groups in total. The van der Waals surface area contributed by atoms with Crippen molar-refractivity contribution < 1.29 is 56.8 Å². The number of unbranched alkanes of at least 4 members (excludes halogenated alkanes) is 2. The summed E-state index contributed by atoms with van der Waals surface area (Å²) in [4.78, 5) is 75.2. The third kappa shape index (κ3) is 16.9. The van der Waals surface area contributed by atoms with Crippen LogP contribution in [-0.4, -0.2) is 98.1 Å². The van der Waals surface area contributed by atoms with E-state index in [0.29, 0.717) is 67.5 Å². The normalized spacial score (nSPS) is 14.9. The van der Waals surface area contributed by atoms with Crippen LogP contribution in [-0.2, 0) is 48.9 Å². The van der Waals surface area contributed by atoms with Crippen molar-refractivity contribution in [3.05, 3.63) is 65.2 Å². The Balaban J connectivity index is 1.34. The molecule has 0 bridgehead atoms. The number of hydrogen-bond donors (Lipinski definition) is 3. The first-order chi connectivity index (χ1) is 27.0. The molecule has 0 aliphatic carbocycles. The minimum absolute atomic E-state index is 0.0257. The second-order valence-electron chi connectivity index (χ2n) is 15.4. The molecule has 1 aliphatic heterocycles. The summed E-state index contributed by atoms with van der Waals surface area (Å²) < 4.78 is 27.6. The number of amides is 2. The molecule has 14 nitrogen and oxygen atoms in total. The van der Waals surface area contributed by atoms with Crippen LogP contribution in [0.15, 0.2) is 48.5 Å². The number of phosphoric ester groups is 1. The van der Waals surface area contributed by atoms with Gasteiger partial charge in [-0.15, -0.1) is 0 Å². The standard InChI is InChI=1S/C42H58N3O11P/c1-6-32(42(51)54-26-27-56-57(52,53)55-25-24-45(3,4)5)28-31(2)40(48)43-23-13-7-8-16-35(41(49)50)29-37(46)21-22-39(47)44-30-36-17-10-9-14-33(36)19-20-34-15-11-12-18-38(34)44/h9-12,14-15,17-18,31-32,35H,6-8,13,16,21-30H2,1-5H3,(H2-,43,48,49,50,52,53)/p+1. The summed E-state index contributed by atoms with van der Waals surface area (Å²) >= 11 is 0. The summed E-state index contributed by atoms with van der Waals surface area (Å²) in [5.74, 6) is 2.09. The molecule has 4 atom stereocenters. The van der Waals surface area contributed by atoms with E-state index in [-0.39, 0.29) is 63.1 Å². The predicted octanol–water partition coefficient (Wildman–Crippen LogP) is 5.49. The van der Waals surface area contributed by atoms with Crippen LogP contribution in [0.2, 0.25) is 0 Å². The van der Waals surface area contributed by atoms with Gasteiger partial charge in [-0.1, -0.05) is 68.9 Å². The lowest BCUT2D eigenvalue weighted by Crippen LogP contribution is -2.37. The second-order valence-corrected chi connectivity index (χ2v) is 16.8. The predicted molar refractivity (Wildman–Crippen MR) is 215 cm³/mol. The SMILES string of the molecule is CCC(CC(C)C(=O)NCCCCCC(CC(=O)CCC(=O)N1Cc2ccccc2C#Cc2ccccc21)C(=O)O)C(=O)OCCOP(=O)(O)OCC[N+](C)(C)C. The van der Waals surface area contributed by atoms with Gasteiger partial charge in [0.15, 0.2) is 0 Å². The van der Waals surface area contributed by atoms with Gasteiger partial charge in [0.25, 0.3) is 0 Å². The molecule has 1 heterocycles. The van der Waals surface area contributed by atoms with E-state index in [1.54, 1.807) is 18.7 Å². The van der Waals surface area contributed by atoms with Crippen molar-refractivity contribution in [2.75, 3.05) is 59.0 Å². The van der Waals surface area contributed by atoms with E-state index in [2.05, 4.69) is 17.2 Å². The Labute approximate surface area is 336 Å². The van der Waals surface area contributed by atoms with E-state index < -0.39 is 37.5 Å². The summed E-state index contributed by atoms with van der Waals surface area (Å²) in [5, 5.41) is 12.7. The van der Waals surface area contributed by atoms with E-state index in [4.69, 9.17) is 13.8 Å². The van der Waals surface area contributed by atoms with Gasteiger partial charge in [-0.05, 0) is 49.4 Å². The molecule has 0 fully saturated rings. The summed E-state index contributed by atoms with van der Waals surface area (Å²) in [5.41, 5.74) is 3.12. The molecular formula is C42H59N3O11P+. The molecule has 0 aromatic heterocycles. The van der Waals surface area contributed by atoms with Crippen LogP contribution in [0.1, 0.15) is 88.3 Å². The zero-order valence-electron chi connectivity index (χ0n) is 33.9. The number of esters is 1. The van der Waals surface area contributed by atoms with Crippen LogP contribution in [0.4, 0.5) is 5.69 Å². The number of carbonyl (C=O) groups is 5. The molecule has 0 saturated heterocycles. The number of fused-ring (bicyclic) bond motifs is 2. The number of hydrogen-bond acceptors (Lipinski definition) is 9. The molecular weight excluding hydrogens is 753 g/mol. The second kappa shape index (κ2) is 23.1. The van der Waals surface area contributed by atoms with Crippen molar-refractivity contribution in [1.29, 1.82) is 0 Å². The molecule has 0 saturated carbocycles. The van der Waals surface area contributed by atoms with Crippen LogP contribution >= 0.6 is 7.82 Å². The molecule has 2 aromatic rings. The van der Waals surface area contributed by atoms with E-state index in [1.165, 1.54) is 0 Å². The fourth-order valence-electron chi connectivity index (χ4n) is 6.20. The zero-order valence-corrected chi connectivity index (χ0v) is 34.8. The van der Waals surface area contributed by atoms with Crippen LogP contribution in [0.5, 0.6) is 0 Å². The van der Waals surface area contributed by atoms with Gasteiger partial charge in [-0.3, -0.25) is 33.0 Å². The highest BCUT2D eigenvalue weighted by Crippen LogP contribution is 2.42. The minimum Gasteiger partial charge on any atom is -0.481 e. The largest absolute Gasteiger partial charge is 0.481 e. The average molecular weight is 813 g/mol. The number of rotatable bonds is 25. The summed E-state index contributed by atoms with van der Waals surface area (Å²) in [6.07, 6.45) is 2.48. The Morgan fingerprint density at radius 3 is 2.26 bits per heavy atom. The number of likely N-dealkylation sites (N-methyl/N-ethyl adjacent to an activating group) is 1. The first-order valence-electron chi connectivity index (χ1n) is 19.6. The molecule has 0 spiro atoms. The third-order valence-electron chi connectivity index (χ3n) is 9.65. The Morgan fingerprint density at radius 1 is 0.895 bits per heavy atom. The quantitative estimate of drug-likeness (QED) is 0.0379. The smallest absolute Gasteiger partial charge is 0.472 e. The van der Waals surface area contributed by atoms with Gasteiger partial charge in [0, 0.05) is 42.9 Å². The number of phosphoric acid groups is 1. The van der Waals surface area contributed by atoms with Crippen LogP contribution in [0, 0.1) is 29.6 Å². The molecule has 0 radical (unpaired) electrons. The van der Waals surface area contributed by atoms with Crippen LogP contribution < -0.4 is 10.2 Å². The lowest BCUT2D eigenvalue weighted by molar-refractivity contribution is -0.870. The number of carboxylic acid groups (broad SMARTS) is 1. The van der Waals surface area contributed by atoms with Gasteiger partial charge in [-0.2, -0.15) is 0 Å². The number of para-hydroxylation sites is 1. The first-order valence-corrected chi connectivity index (χ1v) is 21.1. The van der Waals surface area contributed by atoms with Gasteiger partial charge in [-0.25, -0.2) is 4.57 Å². The molecule has 15 heteroatoms. The van der Waals surface area contributed by atoms with E-state index in [9.17, 15) is 38.5 Å². The van der Waals surface area contributed by atoms with Crippen molar-refractivity contribution in [3.8, 4) is 11.8 Å². The number of aliphatic carboxylic acids is 1. The molecule has 3 rings (SSSR count). The maximum Gasteiger partial charge on any atom is 0.472 e. The Morgan fingerprint density at radius 2 is 1.56 bits per heavy atom. The molecule has 4 unspecified atom stereocenters. The lowest BCUT2D eigenvalue weighted by Gasteiger charge is -2.26. The zero-order chi connectivity index (χ0) is 42.0. The van der Waals surface area contributed by atoms with Crippen LogP contribution in [0.25, 0.3) is 0 Å². The average Bonchev–Trinajstić information content (AvgIpc) is 3.15. The summed E-state index contributed by atoms with van der Waals surface area (Å²) in [7, 11) is 1.47. The van der Waals surface area contributed by atoms with Crippen molar-refractivity contribution in [2.24, 2.45) is 17.8 Å². The van der Waals surface area contributed by atoms with Crippen molar-refractivity contribution >= 4 is 43.0 Å². The number of nitrogens with zero attached hydrogens (tertiary/aromatic N) is 2.